The predicted octanol–water partition coefficient (Wildman–Crippen LogP) is 2.56. The molecule has 94 valence electrons. The molecule has 0 amide bonds. The second-order valence-electron chi connectivity index (χ2n) is 4.90. The van der Waals surface area contributed by atoms with E-state index in [9.17, 15) is 9.50 Å². The summed E-state index contributed by atoms with van der Waals surface area (Å²) in [5.74, 6) is -0.187. The quantitative estimate of drug-likeness (QED) is 0.873. The zero-order valence-corrected chi connectivity index (χ0v) is 10.3. The van der Waals surface area contributed by atoms with Crippen LogP contribution in [0.15, 0.2) is 24.3 Å². The molecule has 0 aromatic heterocycles. The molecule has 2 nitrogen and oxygen atoms in total. The Kier molecular flexibility index (Phi) is 4.13. The largest absolute Gasteiger partial charge is 0.392 e. The molecule has 3 heteroatoms. The molecule has 2 rings (SSSR count). The van der Waals surface area contributed by atoms with Crippen molar-refractivity contribution in [2.75, 3.05) is 6.54 Å². The lowest BCUT2D eigenvalue weighted by molar-refractivity contribution is 0.0316. The molecule has 0 bridgehead atoms. The maximum Gasteiger partial charge on any atom is 0.123 e. The Labute approximate surface area is 102 Å². The van der Waals surface area contributed by atoms with E-state index in [1.54, 1.807) is 12.1 Å². The van der Waals surface area contributed by atoms with Crippen molar-refractivity contribution in [2.45, 2.75) is 44.9 Å². The molecule has 1 saturated heterocycles. The summed E-state index contributed by atoms with van der Waals surface area (Å²) >= 11 is 0. The van der Waals surface area contributed by atoms with Crippen LogP contribution >= 0.6 is 0 Å². The van der Waals surface area contributed by atoms with Crippen molar-refractivity contribution < 1.29 is 9.50 Å². The summed E-state index contributed by atoms with van der Waals surface area (Å²) in [6, 6.07) is 6.94. The lowest BCUT2D eigenvalue weighted by Crippen LogP contribution is -2.45. The van der Waals surface area contributed by atoms with Gasteiger partial charge >= 0.3 is 0 Å². The number of aliphatic hydroxyl groups excluding tert-OH is 1. The molecule has 1 N–H and O–H groups in total. The van der Waals surface area contributed by atoms with E-state index in [0.717, 1.165) is 25.1 Å². The first-order valence-electron chi connectivity index (χ1n) is 6.33. The minimum atomic E-state index is -0.316. The highest BCUT2D eigenvalue weighted by atomic mass is 19.1. The van der Waals surface area contributed by atoms with Gasteiger partial charge in [-0.15, -0.1) is 0 Å². The van der Waals surface area contributed by atoms with Crippen molar-refractivity contribution in [2.24, 2.45) is 0 Å². The van der Waals surface area contributed by atoms with E-state index in [2.05, 4.69) is 4.90 Å². The molecule has 1 aromatic carbocycles. The van der Waals surface area contributed by atoms with Crippen LogP contribution < -0.4 is 0 Å². The minimum absolute atomic E-state index is 0.187. The highest BCUT2D eigenvalue weighted by molar-refractivity contribution is 5.16. The van der Waals surface area contributed by atoms with Crippen molar-refractivity contribution in [1.29, 1.82) is 0 Å². The average Bonchev–Trinajstić information content (AvgIpc) is 2.29. The second-order valence-corrected chi connectivity index (χ2v) is 4.90. The summed E-state index contributed by atoms with van der Waals surface area (Å²) in [6.45, 7) is 3.56. The van der Waals surface area contributed by atoms with Crippen LogP contribution in [0.4, 0.5) is 4.39 Å². The minimum Gasteiger partial charge on any atom is -0.392 e. The molecule has 1 aromatic rings. The number of rotatable bonds is 3. The number of hydrogen-bond acceptors (Lipinski definition) is 2. The van der Waals surface area contributed by atoms with Crippen LogP contribution in [0.25, 0.3) is 0 Å². The zero-order valence-electron chi connectivity index (χ0n) is 10.3. The van der Waals surface area contributed by atoms with E-state index >= 15 is 0 Å². The molecule has 1 heterocycles. The summed E-state index contributed by atoms with van der Waals surface area (Å²) in [4.78, 5) is 2.27. The fourth-order valence-electron chi connectivity index (χ4n) is 2.63. The fourth-order valence-corrected chi connectivity index (χ4v) is 2.63. The van der Waals surface area contributed by atoms with E-state index in [1.165, 1.54) is 18.9 Å². The smallest absolute Gasteiger partial charge is 0.123 e. The number of halogens is 1. The van der Waals surface area contributed by atoms with Gasteiger partial charge in [-0.3, -0.25) is 4.90 Å². The Balaban J connectivity index is 2.05. The SMILES string of the molecule is C[C@@H](O)[C@@H]1CCCCN1Cc1cccc(F)c1. The highest BCUT2D eigenvalue weighted by Gasteiger charge is 2.25. The molecule has 0 spiro atoms. The number of piperidine rings is 1. The van der Waals surface area contributed by atoms with Crippen LogP contribution in [0.1, 0.15) is 31.7 Å². The molecule has 0 radical (unpaired) electrons. The first kappa shape index (κ1) is 12.5. The van der Waals surface area contributed by atoms with E-state index < -0.39 is 0 Å². The average molecular weight is 237 g/mol. The molecule has 1 aliphatic rings. The number of aliphatic hydroxyl groups is 1. The Morgan fingerprint density at radius 3 is 3.00 bits per heavy atom. The molecule has 0 unspecified atom stereocenters. The molecule has 1 aliphatic heterocycles. The van der Waals surface area contributed by atoms with Gasteiger partial charge in [0.1, 0.15) is 5.82 Å². The summed E-state index contributed by atoms with van der Waals surface area (Å²) < 4.78 is 13.1. The van der Waals surface area contributed by atoms with Gasteiger partial charge in [0, 0.05) is 12.6 Å². The lowest BCUT2D eigenvalue weighted by Gasteiger charge is -2.37. The van der Waals surface area contributed by atoms with Crippen LogP contribution in [0.2, 0.25) is 0 Å². The van der Waals surface area contributed by atoms with Crippen molar-refractivity contribution in [1.82, 2.24) is 4.90 Å². The third-order valence-electron chi connectivity index (χ3n) is 3.50. The topological polar surface area (TPSA) is 23.5 Å². The van der Waals surface area contributed by atoms with Crippen LogP contribution in [-0.4, -0.2) is 28.7 Å². The number of hydrogen-bond donors (Lipinski definition) is 1. The van der Waals surface area contributed by atoms with E-state index in [4.69, 9.17) is 0 Å². The maximum absolute atomic E-state index is 13.1. The Hall–Kier alpha value is -0.930. The Morgan fingerprint density at radius 1 is 1.47 bits per heavy atom. The van der Waals surface area contributed by atoms with Crippen molar-refractivity contribution >= 4 is 0 Å². The van der Waals surface area contributed by atoms with Gasteiger partial charge in [-0.2, -0.15) is 0 Å². The fraction of sp³-hybridized carbons (Fsp3) is 0.571. The third kappa shape index (κ3) is 3.27. The molecule has 2 atom stereocenters. The van der Waals surface area contributed by atoms with E-state index in [0.29, 0.717) is 0 Å². The predicted molar refractivity (Wildman–Crippen MR) is 66.1 cm³/mol. The zero-order chi connectivity index (χ0) is 12.3. The van der Waals surface area contributed by atoms with Crippen LogP contribution in [0.5, 0.6) is 0 Å². The van der Waals surface area contributed by atoms with E-state index in [-0.39, 0.29) is 18.0 Å². The summed E-state index contributed by atoms with van der Waals surface area (Å²) in [5, 5.41) is 9.76. The highest BCUT2D eigenvalue weighted by Crippen LogP contribution is 2.22. The molecular weight excluding hydrogens is 217 g/mol. The molecule has 0 aliphatic carbocycles. The van der Waals surface area contributed by atoms with Gasteiger partial charge in [-0.05, 0) is 44.0 Å². The monoisotopic (exact) mass is 237 g/mol. The number of benzene rings is 1. The van der Waals surface area contributed by atoms with Gasteiger partial charge in [0.15, 0.2) is 0 Å². The van der Waals surface area contributed by atoms with Crippen molar-refractivity contribution in [3.63, 3.8) is 0 Å². The summed E-state index contributed by atoms with van der Waals surface area (Å²) in [7, 11) is 0. The van der Waals surface area contributed by atoms with E-state index in [1.807, 2.05) is 13.0 Å². The van der Waals surface area contributed by atoms with Crippen molar-refractivity contribution in [3.8, 4) is 0 Å². The standard InChI is InChI=1S/C14H20FNO/c1-11(17)14-7-2-3-8-16(14)10-12-5-4-6-13(15)9-12/h4-6,9,11,14,17H,2-3,7-8,10H2,1H3/t11-,14+/m1/s1. The van der Waals surface area contributed by atoms with Gasteiger partial charge in [0.2, 0.25) is 0 Å². The summed E-state index contributed by atoms with van der Waals surface area (Å²) in [6.07, 6.45) is 3.06. The lowest BCUT2D eigenvalue weighted by atomic mass is 9.97. The Bertz CT molecular complexity index is 367. The molecule has 0 saturated carbocycles. The number of likely N-dealkylation sites (tertiary alicyclic amines) is 1. The van der Waals surface area contributed by atoms with Crippen LogP contribution in [-0.2, 0) is 6.54 Å². The van der Waals surface area contributed by atoms with Gasteiger partial charge in [-0.1, -0.05) is 18.6 Å². The molecule has 17 heavy (non-hydrogen) atoms. The van der Waals surface area contributed by atoms with Gasteiger partial charge in [0.25, 0.3) is 0 Å². The summed E-state index contributed by atoms with van der Waals surface area (Å²) in [5.41, 5.74) is 0.984. The first-order chi connectivity index (χ1) is 8.16. The molecule has 1 fully saturated rings. The van der Waals surface area contributed by atoms with Gasteiger partial charge in [0.05, 0.1) is 6.10 Å². The van der Waals surface area contributed by atoms with Crippen LogP contribution in [0, 0.1) is 5.82 Å². The Morgan fingerprint density at radius 2 is 2.29 bits per heavy atom. The van der Waals surface area contributed by atoms with Gasteiger partial charge in [-0.25, -0.2) is 4.39 Å². The third-order valence-corrected chi connectivity index (χ3v) is 3.50. The van der Waals surface area contributed by atoms with Gasteiger partial charge < -0.3 is 5.11 Å². The molecular formula is C14H20FNO. The number of nitrogens with zero attached hydrogens (tertiary/aromatic N) is 1. The first-order valence-corrected chi connectivity index (χ1v) is 6.33. The van der Waals surface area contributed by atoms with Crippen molar-refractivity contribution in [3.05, 3.63) is 35.6 Å². The van der Waals surface area contributed by atoms with Crippen LogP contribution in [0.3, 0.4) is 0 Å². The maximum atomic E-state index is 13.1. The normalized spacial score (nSPS) is 23.6. The second kappa shape index (κ2) is 5.61.